The highest BCUT2D eigenvalue weighted by molar-refractivity contribution is 5.82. The zero-order valence-corrected chi connectivity index (χ0v) is 8.92. The van der Waals surface area contributed by atoms with E-state index < -0.39 is 0 Å². The van der Waals surface area contributed by atoms with Crippen molar-refractivity contribution in [3.63, 3.8) is 0 Å². The van der Waals surface area contributed by atoms with Crippen molar-refractivity contribution < 1.29 is 4.79 Å². The van der Waals surface area contributed by atoms with Gasteiger partial charge in [0.15, 0.2) is 0 Å². The first-order chi connectivity index (χ1) is 7.27. The number of nitrogens with one attached hydrogen (secondary N) is 3. The van der Waals surface area contributed by atoms with Crippen molar-refractivity contribution >= 4 is 5.91 Å². The molecule has 2 heterocycles. The Kier molecular flexibility index (Phi) is 3.06. The number of rotatable bonds is 3. The van der Waals surface area contributed by atoms with E-state index in [0.717, 1.165) is 18.5 Å². The van der Waals surface area contributed by atoms with Crippen LogP contribution in [0.2, 0.25) is 0 Å². The average Bonchev–Trinajstić information content (AvgIpc) is 2.84. The highest BCUT2D eigenvalue weighted by Crippen LogP contribution is 2.14. The molecule has 0 radical (unpaired) electrons. The van der Waals surface area contributed by atoms with E-state index >= 15 is 0 Å². The van der Waals surface area contributed by atoms with Crippen LogP contribution in [0.5, 0.6) is 0 Å². The van der Waals surface area contributed by atoms with Crippen LogP contribution in [0.15, 0.2) is 18.5 Å². The summed E-state index contributed by atoms with van der Waals surface area (Å²) in [5, 5.41) is 6.15. The molecule has 1 saturated heterocycles. The van der Waals surface area contributed by atoms with Crippen LogP contribution in [0.1, 0.15) is 18.9 Å². The van der Waals surface area contributed by atoms with Gasteiger partial charge in [0, 0.05) is 18.9 Å². The molecule has 1 aromatic rings. The van der Waals surface area contributed by atoms with Crippen molar-refractivity contribution in [2.24, 2.45) is 5.92 Å². The van der Waals surface area contributed by atoms with Gasteiger partial charge in [-0.15, -0.1) is 0 Å². The first-order valence-electron chi connectivity index (χ1n) is 5.40. The molecule has 4 heteroatoms. The predicted octanol–water partition coefficient (Wildman–Crippen LogP) is 0.629. The Morgan fingerprint density at radius 2 is 2.53 bits per heavy atom. The van der Waals surface area contributed by atoms with E-state index in [-0.39, 0.29) is 11.9 Å². The van der Waals surface area contributed by atoms with Gasteiger partial charge < -0.3 is 15.6 Å². The third kappa shape index (κ3) is 2.39. The first-order valence-corrected chi connectivity index (χ1v) is 5.40. The van der Waals surface area contributed by atoms with Crippen molar-refractivity contribution in [3.8, 4) is 0 Å². The topological polar surface area (TPSA) is 56.9 Å². The van der Waals surface area contributed by atoms with Crippen LogP contribution in [-0.4, -0.2) is 23.5 Å². The maximum Gasteiger partial charge on any atom is 0.237 e. The second kappa shape index (κ2) is 4.49. The SMILES string of the molecule is CC1CCNC1C(=O)NCc1cc[nH]c1. The molecule has 1 fully saturated rings. The maximum atomic E-state index is 11.8. The highest BCUT2D eigenvalue weighted by atomic mass is 16.2. The fourth-order valence-corrected chi connectivity index (χ4v) is 1.95. The third-order valence-electron chi connectivity index (χ3n) is 2.94. The number of hydrogen-bond donors (Lipinski definition) is 3. The molecule has 0 bridgehead atoms. The van der Waals surface area contributed by atoms with Gasteiger partial charge in [0.1, 0.15) is 0 Å². The van der Waals surface area contributed by atoms with Crippen molar-refractivity contribution in [1.29, 1.82) is 0 Å². The number of carbonyl (C=O) groups excluding carboxylic acids is 1. The van der Waals surface area contributed by atoms with E-state index in [4.69, 9.17) is 0 Å². The monoisotopic (exact) mass is 207 g/mol. The Labute approximate surface area is 89.5 Å². The fourth-order valence-electron chi connectivity index (χ4n) is 1.95. The summed E-state index contributed by atoms with van der Waals surface area (Å²) in [6.45, 7) is 3.66. The van der Waals surface area contributed by atoms with E-state index in [9.17, 15) is 4.79 Å². The second-order valence-corrected chi connectivity index (χ2v) is 4.13. The molecule has 0 aromatic carbocycles. The highest BCUT2D eigenvalue weighted by Gasteiger charge is 2.28. The Morgan fingerprint density at radius 1 is 1.67 bits per heavy atom. The molecule has 1 aromatic heterocycles. The van der Waals surface area contributed by atoms with Gasteiger partial charge >= 0.3 is 0 Å². The summed E-state index contributed by atoms with van der Waals surface area (Å²) in [6.07, 6.45) is 4.84. The number of aromatic nitrogens is 1. The fraction of sp³-hybridized carbons (Fsp3) is 0.545. The lowest BCUT2D eigenvalue weighted by atomic mass is 10.0. The summed E-state index contributed by atoms with van der Waals surface area (Å²) in [6, 6.07) is 1.95. The molecular weight excluding hydrogens is 190 g/mol. The molecule has 2 unspecified atom stereocenters. The van der Waals surface area contributed by atoms with Crippen LogP contribution < -0.4 is 10.6 Å². The van der Waals surface area contributed by atoms with Gasteiger partial charge in [-0.3, -0.25) is 4.79 Å². The second-order valence-electron chi connectivity index (χ2n) is 4.13. The summed E-state index contributed by atoms with van der Waals surface area (Å²) in [5.41, 5.74) is 1.11. The Bertz CT molecular complexity index is 321. The molecule has 0 spiro atoms. The summed E-state index contributed by atoms with van der Waals surface area (Å²) < 4.78 is 0. The van der Waals surface area contributed by atoms with Gasteiger partial charge in [0.05, 0.1) is 6.04 Å². The minimum Gasteiger partial charge on any atom is -0.367 e. The molecule has 15 heavy (non-hydrogen) atoms. The predicted molar refractivity (Wildman–Crippen MR) is 58.2 cm³/mol. The number of aromatic amines is 1. The first kappa shape index (κ1) is 10.2. The van der Waals surface area contributed by atoms with Crippen molar-refractivity contribution in [2.45, 2.75) is 25.9 Å². The quantitative estimate of drug-likeness (QED) is 0.681. The van der Waals surface area contributed by atoms with Gasteiger partial charge in [-0.25, -0.2) is 0 Å². The van der Waals surface area contributed by atoms with Crippen molar-refractivity contribution in [2.75, 3.05) is 6.54 Å². The van der Waals surface area contributed by atoms with E-state index in [1.54, 1.807) is 0 Å². The lowest BCUT2D eigenvalue weighted by molar-refractivity contribution is -0.123. The minimum absolute atomic E-state index is 0.0102. The van der Waals surface area contributed by atoms with E-state index in [0.29, 0.717) is 12.5 Å². The van der Waals surface area contributed by atoms with Gasteiger partial charge in [-0.2, -0.15) is 0 Å². The molecule has 2 rings (SSSR count). The normalized spacial score (nSPS) is 25.4. The Morgan fingerprint density at radius 3 is 3.13 bits per heavy atom. The van der Waals surface area contributed by atoms with E-state index in [1.807, 2.05) is 18.5 Å². The van der Waals surface area contributed by atoms with Gasteiger partial charge in [0.25, 0.3) is 0 Å². The van der Waals surface area contributed by atoms with Crippen molar-refractivity contribution in [1.82, 2.24) is 15.6 Å². The molecule has 1 aliphatic heterocycles. The van der Waals surface area contributed by atoms with Crippen LogP contribution in [0, 0.1) is 5.92 Å². The third-order valence-corrected chi connectivity index (χ3v) is 2.94. The molecule has 3 N–H and O–H groups in total. The van der Waals surface area contributed by atoms with E-state index in [2.05, 4.69) is 22.5 Å². The molecule has 82 valence electrons. The van der Waals surface area contributed by atoms with Crippen LogP contribution in [-0.2, 0) is 11.3 Å². The van der Waals surface area contributed by atoms with Gasteiger partial charge in [-0.05, 0) is 30.5 Å². The van der Waals surface area contributed by atoms with Gasteiger partial charge in [-0.1, -0.05) is 6.92 Å². The number of carbonyl (C=O) groups is 1. The minimum atomic E-state index is -0.0102. The van der Waals surface area contributed by atoms with Crippen LogP contribution in [0.3, 0.4) is 0 Å². The lowest BCUT2D eigenvalue weighted by Crippen LogP contribution is -2.42. The Balaban J connectivity index is 1.82. The van der Waals surface area contributed by atoms with Crippen LogP contribution in [0.25, 0.3) is 0 Å². The molecule has 0 aliphatic carbocycles. The zero-order valence-electron chi connectivity index (χ0n) is 8.92. The standard InChI is InChI=1S/C11H17N3O/c1-8-2-5-13-10(8)11(15)14-7-9-3-4-12-6-9/h3-4,6,8,10,12-13H,2,5,7H2,1H3,(H,14,15). The summed E-state index contributed by atoms with van der Waals surface area (Å²) in [5.74, 6) is 0.553. The molecule has 4 nitrogen and oxygen atoms in total. The molecule has 0 saturated carbocycles. The number of H-pyrrole nitrogens is 1. The largest absolute Gasteiger partial charge is 0.367 e. The maximum absolute atomic E-state index is 11.8. The Hall–Kier alpha value is -1.29. The smallest absolute Gasteiger partial charge is 0.237 e. The molecule has 1 amide bonds. The summed E-state index contributed by atoms with van der Waals surface area (Å²) >= 11 is 0. The van der Waals surface area contributed by atoms with Crippen LogP contribution >= 0.6 is 0 Å². The number of hydrogen-bond acceptors (Lipinski definition) is 2. The summed E-state index contributed by atoms with van der Waals surface area (Å²) in [7, 11) is 0. The average molecular weight is 207 g/mol. The zero-order chi connectivity index (χ0) is 10.7. The summed E-state index contributed by atoms with van der Waals surface area (Å²) in [4.78, 5) is 14.7. The molecule has 1 aliphatic rings. The molecular formula is C11H17N3O. The van der Waals surface area contributed by atoms with Crippen LogP contribution in [0.4, 0.5) is 0 Å². The molecule has 2 atom stereocenters. The number of amides is 1. The van der Waals surface area contributed by atoms with Crippen molar-refractivity contribution in [3.05, 3.63) is 24.0 Å². The van der Waals surface area contributed by atoms with E-state index in [1.165, 1.54) is 0 Å². The lowest BCUT2D eigenvalue weighted by Gasteiger charge is -2.14. The van der Waals surface area contributed by atoms with Gasteiger partial charge in [0.2, 0.25) is 5.91 Å².